The van der Waals surface area contributed by atoms with E-state index in [-0.39, 0.29) is 35.8 Å². The molecule has 0 radical (unpaired) electrons. The average Bonchev–Trinajstić information content (AvgIpc) is 3.29. The minimum Gasteiger partial charge on any atom is -0.508 e. The van der Waals surface area contributed by atoms with Crippen molar-refractivity contribution in [3.63, 3.8) is 0 Å². The second-order valence-corrected chi connectivity index (χ2v) is 11.6. The number of aliphatic hydroxyl groups is 1. The van der Waals surface area contributed by atoms with Gasteiger partial charge in [0.15, 0.2) is 0 Å². The van der Waals surface area contributed by atoms with Crippen LogP contribution in [-0.4, -0.2) is 52.0 Å². The number of carbonyl (C=O) groups excluding carboxylic acids is 3. The number of phenolic OH excluding ortho intramolecular Hbond substituents is 1. The zero-order valence-corrected chi connectivity index (χ0v) is 22.7. The second-order valence-electron chi connectivity index (χ2n) is 11.6. The molecule has 10 heteroatoms. The van der Waals surface area contributed by atoms with Gasteiger partial charge < -0.3 is 20.8 Å². The molecule has 1 fully saturated rings. The van der Waals surface area contributed by atoms with Crippen LogP contribution in [0.1, 0.15) is 58.9 Å². The third kappa shape index (κ3) is 3.67. The van der Waals surface area contributed by atoms with Gasteiger partial charge in [-0.05, 0) is 55.2 Å². The van der Waals surface area contributed by atoms with Crippen molar-refractivity contribution in [2.24, 2.45) is 5.92 Å². The van der Waals surface area contributed by atoms with Crippen molar-refractivity contribution in [2.75, 3.05) is 15.1 Å². The van der Waals surface area contributed by atoms with Gasteiger partial charge in [0.2, 0.25) is 11.8 Å². The number of fused-ring (bicyclic) bond motifs is 7. The van der Waals surface area contributed by atoms with Gasteiger partial charge in [-0.1, -0.05) is 44.2 Å². The lowest BCUT2D eigenvalue weighted by Gasteiger charge is -2.42. The number of phenols is 1. The number of hydrogen-bond acceptors (Lipinski definition) is 7. The van der Waals surface area contributed by atoms with Crippen LogP contribution in [0.3, 0.4) is 0 Å². The monoisotopic (exact) mass is 553 g/mol. The molecular weight excluding hydrogens is 522 g/mol. The summed E-state index contributed by atoms with van der Waals surface area (Å²) in [5.74, 6) is -3.37. The Balaban J connectivity index is 1.34. The van der Waals surface area contributed by atoms with Crippen LogP contribution < -0.4 is 25.8 Å². The average molecular weight is 554 g/mol. The van der Waals surface area contributed by atoms with Gasteiger partial charge in [-0.25, -0.2) is 0 Å². The maximum atomic E-state index is 13.9. The van der Waals surface area contributed by atoms with E-state index in [2.05, 4.69) is 16.0 Å². The Labute approximate surface area is 237 Å². The lowest BCUT2D eigenvalue weighted by molar-refractivity contribution is -0.119. The number of benzene rings is 3. The number of rotatable bonds is 4. The van der Waals surface area contributed by atoms with Crippen molar-refractivity contribution in [3.8, 4) is 5.75 Å². The molecule has 4 aliphatic heterocycles. The highest BCUT2D eigenvalue weighted by molar-refractivity contribution is 6.15. The second kappa shape index (κ2) is 9.05. The Bertz CT molecular complexity index is 1610. The minimum absolute atomic E-state index is 0.0524. The summed E-state index contributed by atoms with van der Waals surface area (Å²) >= 11 is 0. The highest BCUT2D eigenvalue weighted by Gasteiger charge is 2.62. The van der Waals surface area contributed by atoms with Crippen LogP contribution in [0, 0.1) is 5.92 Å². The highest BCUT2D eigenvalue weighted by Crippen LogP contribution is 2.54. The molecule has 10 nitrogen and oxygen atoms in total. The first-order valence-electron chi connectivity index (χ1n) is 13.9. The van der Waals surface area contributed by atoms with Gasteiger partial charge in [0.05, 0.1) is 40.5 Å². The summed E-state index contributed by atoms with van der Waals surface area (Å²) < 4.78 is 0. The first-order valence-corrected chi connectivity index (χ1v) is 13.9. The quantitative estimate of drug-likeness (QED) is 0.335. The number of hydrogen-bond donors (Lipinski definition) is 5. The number of nitrogens with zero attached hydrogens (tertiary/aromatic N) is 2. The number of anilines is 3. The highest BCUT2D eigenvalue weighted by atomic mass is 16.3. The largest absolute Gasteiger partial charge is 0.508 e. The molecule has 5 N–H and O–H groups in total. The van der Waals surface area contributed by atoms with E-state index in [9.17, 15) is 24.6 Å². The molecule has 210 valence electrons. The van der Waals surface area contributed by atoms with Gasteiger partial charge in [-0.3, -0.25) is 29.5 Å². The fourth-order valence-electron chi connectivity index (χ4n) is 6.93. The van der Waals surface area contributed by atoms with Crippen LogP contribution in [0.25, 0.3) is 0 Å². The maximum Gasteiger partial charge on any atom is 0.262 e. The summed E-state index contributed by atoms with van der Waals surface area (Å²) in [4.78, 5) is 44.1. The zero-order valence-electron chi connectivity index (χ0n) is 22.7. The molecule has 7 rings (SSSR count). The number of nitrogens with one attached hydrogen (secondary N) is 3. The van der Waals surface area contributed by atoms with Crippen LogP contribution in [0.5, 0.6) is 5.75 Å². The third-order valence-electron chi connectivity index (χ3n) is 8.64. The van der Waals surface area contributed by atoms with Gasteiger partial charge in [0.1, 0.15) is 11.9 Å². The summed E-state index contributed by atoms with van der Waals surface area (Å²) in [6.07, 6.45) is -0.0761. The molecule has 0 spiro atoms. The van der Waals surface area contributed by atoms with Crippen LogP contribution in [0.15, 0.2) is 66.7 Å². The zero-order chi connectivity index (χ0) is 28.6. The van der Waals surface area contributed by atoms with Gasteiger partial charge >= 0.3 is 0 Å². The van der Waals surface area contributed by atoms with E-state index >= 15 is 0 Å². The van der Waals surface area contributed by atoms with E-state index in [1.807, 2.05) is 26.0 Å². The molecule has 0 aliphatic carbocycles. The summed E-state index contributed by atoms with van der Waals surface area (Å²) in [7, 11) is 0. The Morgan fingerprint density at radius 2 is 1.61 bits per heavy atom. The van der Waals surface area contributed by atoms with Gasteiger partial charge in [-0.15, -0.1) is 0 Å². The Morgan fingerprint density at radius 3 is 2.39 bits per heavy atom. The normalized spacial score (nSPS) is 27.9. The summed E-state index contributed by atoms with van der Waals surface area (Å²) in [6.45, 7) is 4.02. The third-order valence-corrected chi connectivity index (χ3v) is 8.64. The molecular formula is C31H31N5O5. The van der Waals surface area contributed by atoms with E-state index < -0.39 is 30.0 Å². The van der Waals surface area contributed by atoms with Crippen molar-refractivity contribution in [2.45, 2.75) is 56.7 Å². The molecule has 3 aromatic carbocycles. The van der Waals surface area contributed by atoms with Crippen molar-refractivity contribution in [1.82, 2.24) is 10.6 Å². The first-order chi connectivity index (χ1) is 19.7. The predicted octanol–water partition coefficient (Wildman–Crippen LogP) is 3.09. The van der Waals surface area contributed by atoms with Crippen LogP contribution in [0.2, 0.25) is 0 Å². The standard InChI is InChI=1S/C31H31N5O5/c1-16(2)14-22-30(40)36-24-12-7-13-25(37)26(24)19(31(36,41)34-22)15-21-27-32-20-10-5-3-8-17(20)29(39)35(27)23-11-6-4-9-18(23)28(38)33-21/h3-13,16,19,21-22,27,32,34,37,41H,14-15H2,1-2H3,(H,33,38)/t19-,21?,22?,27?,31?/m1/s1. The first kappa shape index (κ1) is 25.6. The number of carbonyl (C=O) groups is 3. The van der Waals surface area contributed by atoms with E-state index in [1.54, 1.807) is 53.4 Å². The maximum absolute atomic E-state index is 13.9. The molecule has 3 aromatic rings. The fourth-order valence-corrected chi connectivity index (χ4v) is 6.93. The molecule has 1 saturated heterocycles. The van der Waals surface area contributed by atoms with Crippen molar-refractivity contribution >= 4 is 34.8 Å². The van der Waals surface area contributed by atoms with E-state index in [4.69, 9.17) is 0 Å². The lowest BCUT2D eigenvalue weighted by Crippen LogP contribution is -2.60. The van der Waals surface area contributed by atoms with E-state index in [1.165, 1.54) is 11.0 Å². The summed E-state index contributed by atoms with van der Waals surface area (Å²) in [6, 6.07) is 17.7. The molecule has 0 aromatic heterocycles. The topological polar surface area (TPSA) is 134 Å². The molecule has 0 bridgehead atoms. The van der Waals surface area contributed by atoms with Crippen molar-refractivity contribution in [1.29, 1.82) is 0 Å². The number of para-hydroxylation sites is 2. The lowest BCUT2D eigenvalue weighted by atomic mass is 9.87. The smallest absolute Gasteiger partial charge is 0.262 e. The molecule has 5 atom stereocenters. The van der Waals surface area contributed by atoms with Crippen LogP contribution >= 0.6 is 0 Å². The van der Waals surface area contributed by atoms with Gasteiger partial charge in [0.25, 0.3) is 11.8 Å². The molecule has 4 heterocycles. The molecule has 3 amide bonds. The minimum atomic E-state index is -1.83. The fraction of sp³-hybridized carbons (Fsp3) is 0.323. The summed E-state index contributed by atoms with van der Waals surface area (Å²) in [5.41, 5.74) is 2.81. The van der Waals surface area contributed by atoms with E-state index in [0.717, 1.165) is 0 Å². The Kier molecular flexibility index (Phi) is 5.64. The van der Waals surface area contributed by atoms with Crippen molar-refractivity contribution in [3.05, 3.63) is 83.4 Å². The molecule has 4 aliphatic rings. The van der Waals surface area contributed by atoms with Gasteiger partial charge in [0, 0.05) is 11.3 Å². The van der Waals surface area contributed by atoms with Gasteiger partial charge in [-0.2, -0.15) is 0 Å². The van der Waals surface area contributed by atoms with E-state index in [0.29, 0.717) is 40.2 Å². The Hall–Kier alpha value is -4.41. The Morgan fingerprint density at radius 1 is 0.902 bits per heavy atom. The molecule has 0 saturated carbocycles. The molecule has 4 unspecified atom stereocenters. The van der Waals surface area contributed by atoms with Crippen molar-refractivity contribution < 1.29 is 24.6 Å². The van der Waals surface area contributed by atoms with Crippen LogP contribution in [-0.2, 0) is 4.79 Å². The SMILES string of the molecule is CC(C)CC1NC2(O)[C@H](CC3NC(=O)c4ccccc4N4C(=O)c5ccccc5NC34)c3c(O)cccc3N2C1=O. The number of amides is 3. The predicted molar refractivity (Wildman–Crippen MR) is 153 cm³/mol. The molecule has 41 heavy (non-hydrogen) atoms. The number of aromatic hydroxyl groups is 1. The summed E-state index contributed by atoms with van der Waals surface area (Å²) in [5, 5.41) is 32.9. The van der Waals surface area contributed by atoms with Crippen LogP contribution in [0.4, 0.5) is 17.1 Å².